The monoisotopic (exact) mass is 477 g/mol. The van der Waals surface area contributed by atoms with Gasteiger partial charge in [0.15, 0.2) is 5.78 Å². The number of aryl methyl sites for hydroxylation is 1. The van der Waals surface area contributed by atoms with Gasteiger partial charge in [0.25, 0.3) is 11.8 Å². The number of hydrogen-bond donors (Lipinski definition) is 2. The predicted molar refractivity (Wildman–Crippen MR) is 142 cm³/mol. The first-order valence-electron chi connectivity index (χ1n) is 11.8. The largest absolute Gasteiger partial charge is 0.351 e. The Labute approximate surface area is 210 Å². The minimum Gasteiger partial charge on any atom is -0.351 e. The Morgan fingerprint density at radius 1 is 0.778 bits per heavy atom. The van der Waals surface area contributed by atoms with E-state index in [9.17, 15) is 14.4 Å². The van der Waals surface area contributed by atoms with Gasteiger partial charge in [-0.15, -0.1) is 0 Å². The average molecular weight is 478 g/mol. The molecule has 0 saturated heterocycles. The smallest absolute Gasteiger partial charge is 0.271 e. The third-order valence-corrected chi connectivity index (χ3v) is 5.83. The molecule has 2 N–H and O–H groups in total. The Hall–Kier alpha value is -4.58. The molecule has 4 aromatic rings. The van der Waals surface area contributed by atoms with Gasteiger partial charge in [-0.2, -0.15) is 5.10 Å². The van der Waals surface area contributed by atoms with Crippen LogP contribution in [-0.4, -0.2) is 29.9 Å². The maximum absolute atomic E-state index is 13.2. The highest BCUT2D eigenvalue weighted by atomic mass is 16.2. The Morgan fingerprint density at radius 2 is 1.47 bits per heavy atom. The zero-order valence-corrected chi connectivity index (χ0v) is 20.0. The lowest BCUT2D eigenvalue weighted by atomic mass is 9.98. The summed E-state index contributed by atoms with van der Waals surface area (Å²) in [7, 11) is 0. The van der Waals surface area contributed by atoms with Crippen LogP contribution in [0.15, 0.2) is 102 Å². The lowest BCUT2D eigenvalue weighted by Gasteiger charge is -2.10. The Kier molecular flexibility index (Phi) is 7.98. The summed E-state index contributed by atoms with van der Waals surface area (Å²) in [6, 6.07) is 29.8. The molecule has 180 valence electrons. The predicted octanol–water partition coefficient (Wildman–Crippen LogP) is 4.87. The maximum atomic E-state index is 13.2. The van der Waals surface area contributed by atoms with Crippen molar-refractivity contribution >= 4 is 34.1 Å². The number of rotatable bonds is 9. The first-order valence-corrected chi connectivity index (χ1v) is 11.8. The van der Waals surface area contributed by atoms with Gasteiger partial charge in [0.05, 0.1) is 6.42 Å². The Morgan fingerprint density at radius 3 is 2.25 bits per heavy atom. The molecule has 6 nitrogen and oxygen atoms in total. The van der Waals surface area contributed by atoms with Gasteiger partial charge in [-0.25, -0.2) is 5.43 Å². The SMILES string of the molecule is Cc1ccc(C(=O)NN=C(CC(=O)c2cccc3ccccc23)C(=O)NCCc2ccccc2)cc1. The van der Waals surface area contributed by atoms with E-state index < -0.39 is 11.8 Å². The zero-order chi connectivity index (χ0) is 25.3. The van der Waals surface area contributed by atoms with E-state index in [1.807, 2.05) is 85.8 Å². The molecule has 2 amide bonds. The zero-order valence-electron chi connectivity index (χ0n) is 20.0. The molecule has 4 aromatic carbocycles. The molecule has 0 aliphatic carbocycles. The molecule has 0 bridgehead atoms. The van der Waals surface area contributed by atoms with Crippen molar-refractivity contribution in [1.82, 2.24) is 10.7 Å². The van der Waals surface area contributed by atoms with Crippen LogP contribution < -0.4 is 10.7 Å². The van der Waals surface area contributed by atoms with Crippen LogP contribution >= 0.6 is 0 Å². The first kappa shape index (κ1) is 24.5. The normalized spacial score (nSPS) is 11.2. The second kappa shape index (κ2) is 11.7. The number of nitrogens with zero attached hydrogens (tertiary/aromatic N) is 1. The number of benzene rings is 4. The summed E-state index contributed by atoms with van der Waals surface area (Å²) in [5.74, 6) is -1.21. The molecule has 36 heavy (non-hydrogen) atoms. The van der Waals surface area contributed by atoms with Gasteiger partial charge in [0.2, 0.25) is 0 Å². The van der Waals surface area contributed by atoms with Crippen molar-refractivity contribution in [3.05, 3.63) is 119 Å². The van der Waals surface area contributed by atoms with Crippen LogP contribution in [0, 0.1) is 6.92 Å². The number of ketones is 1. The van der Waals surface area contributed by atoms with E-state index in [1.54, 1.807) is 18.2 Å². The molecule has 0 aliphatic heterocycles. The highest BCUT2D eigenvalue weighted by Crippen LogP contribution is 2.20. The quantitative estimate of drug-likeness (QED) is 0.205. The minimum absolute atomic E-state index is 0.0542. The van der Waals surface area contributed by atoms with Gasteiger partial charge in [0.1, 0.15) is 5.71 Å². The van der Waals surface area contributed by atoms with Crippen molar-refractivity contribution in [2.24, 2.45) is 5.10 Å². The highest BCUT2D eigenvalue weighted by molar-refractivity contribution is 6.43. The lowest BCUT2D eigenvalue weighted by Crippen LogP contribution is -2.35. The molecule has 6 heteroatoms. The van der Waals surface area contributed by atoms with Crippen LogP contribution in [0.2, 0.25) is 0 Å². The third kappa shape index (κ3) is 6.30. The topological polar surface area (TPSA) is 87.6 Å². The van der Waals surface area contributed by atoms with Crippen molar-refractivity contribution in [1.29, 1.82) is 0 Å². The summed E-state index contributed by atoms with van der Waals surface area (Å²) in [4.78, 5) is 38.8. The second-order valence-corrected chi connectivity index (χ2v) is 8.48. The summed E-state index contributed by atoms with van der Waals surface area (Å²) >= 11 is 0. The van der Waals surface area contributed by atoms with E-state index in [-0.39, 0.29) is 17.9 Å². The number of carbonyl (C=O) groups is 3. The van der Waals surface area contributed by atoms with Crippen LogP contribution in [0.1, 0.15) is 38.3 Å². The molecular weight excluding hydrogens is 450 g/mol. The molecule has 0 fully saturated rings. The Bertz CT molecular complexity index is 1410. The number of carbonyl (C=O) groups excluding carboxylic acids is 3. The molecular formula is C30H27N3O3. The van der Waals surface area contributed by atoms with Crippen molar-refractivity contribution in [3.8, 4) is 0 Å². The molecule has 4 rings (SSSR count). The molecule has 0 atom stereocenters. The van der Waals surface area contributed by atoms with Gasteiger partial charge in [-0.3, -0.25) is 14.4 Å². The molecule has 0 aromatic heterocycles. The summed E-state index contributed by atoms with van der Waals surface area (Å²) < 4.78 is 0. The van der Waals surface area contributed by atoms with Crippen LogP contribution in [0.4, 0.5) is 0 Å². The molecule has 0 heterocycles. The van der Waals surface area contributed by atoms with Crippen molar-refractivity contribution in [2.45, 2.75) is 19.8 Å². The van der Waals surface area contributed by atoms with Gasteiger partial charge in [0, 0.05) is 17.7 Å². The number of hydrogen-bond acceptors (Lipinski definition) is 4. The van der Waals surface area contributed by atoms with E-state index >= 15 is 0 Å². The van der Waals surface area contributed by atoms with E-state index in [1.165, 1.54) is 0 Å². The van der Waals surface area contributed by atoms with Crippen LogP contribution in [0.3, 0.4) is 0 Å². The molecule has 0 spiro atoms. The number of nitrogens with one attached hydrogen (secondary N) is 2. The molecule has 0 unspecified atom stereocenters. The highest BCUT2D eigenvalue weighted by Gasteiger charge is 2.19. The van der Waals surface area contributed by atoms with Crippen molar-refractivity contribution in [2.75, 3.05) is 6.54 Å². The lowest BCUT2D eigenvalue weighted by molar-refractivity contribution is -0.114. The van der Waals surface area contributed by atoms with Crippen LogP contribution in [0.5, 0.6) is 0 Å². The van der Waals surface area contributed by atoms with Gasteiger partial charge >= 0.3 is 0 Å². The van der Waals surface area contributed by atoms with Gasteiger partial charge in [-0.1, -0.05) is 90.5 Å². The summed E-state index contributed by atoms with van der Waals surface area (Å²) in [6.45, 7) is 2.30. The van der Waals surface area contributed by atoms with Gasteiger partial charge in [-0.05, 0) is 41.8 Å². The fourth-order valence-corrected chi connectivity index (χ4v) is 3.84. The van der Waals surface area contributed by atoms with E-state index in [0.717, 1.165) is 21.9 Å². The summed E-state index contributed by atoms with van der Waals surface area (Å²) in [6.07, 6.45) is 0.381. The standard InChI is InChI=1S/C30H27N3O3/c1-21-14-16-24(17-15-21)29(35)33-32-27(30(36)31-19-18-22-8-3-2-4-9-22)20-28(34)26-13-7-11-23-10-5-6-12-25(23)26/h2-17H,18-20H2,1H3,(H,31,36)(H,33,35). The van der Waals surface area contributed by atoms with E-state index in [0.29, 0.717) is 24.1 Å². The number of fused-ring (bicyclic) bond motifs is 1. The maximum Gasteiger partial charge on any atom is 0.271 e. The third-order valence-electron chi connectivity index (χ3n) is 5.83. The average Bonchev–Trinajstić information content (AvgIpc) is 2.91. The fraction of sp³-hybridized carbons (Fsp3) is 0.133. The number of hydrazone groups is 1. The van der Waals surface area contributed by atoms with Crippen LogP contribution in [0.25, 0.3) is 10.8 Å². The second-order valence-electron chi connectivity index (χ2n) is 8.48. The molecule has 0 radical (unpaired) electrons. The fourth-order valence-electron chi connectivity index (χ4n) is 3.84. The summed E-state index contributed by atoms with van der Waals surface area (Å²) in [5.41, 5.74) is 5.40. The van der Waals surface area contributed by atoms with E-state index in [4.69, 9.17) is 0 Å². The number of amides is 2. The van der Waals surface area contributed by atoms with Crippen molar-refractivity contribution < 1.29 is 14.4 Å². The molecule has 0 aliphatic rings. The minimum atomic E-state index is -0.497. The van der Waals surface area contributed by atoms with Gasteiger partial charge < -0.3 is 5.32 Å². The molecule has 0 saturated carbocycles. The number of Topliss-reactive ketones (excluding diaryl/α,β-unsaturated/α-hetero) is 1. The first-order chi connectivity index (χ1) is 17.5. The van der Waals surface area contributed by atoms with Crippen molar-refractivity contribution in [3.63, 3.8) is 0 Å². The van der Waals surface area contributed by atoms with Crippen LogP contribution in [-0.2, 0) is 11.2 Å². The summed E-state index contributed by atoms with van der Waals surface area (Å²) in [5, 5.41) is 8.64. The Balaban J connectivity index is 1.52. The van der Waals surface area contributed by atoms with E-state index in [2.05, 4.69) is 15.8 Å².